The summed E-state index contributed by atoms with van der Waals surface area (Å²) in [7, 11) is 0. The Morgan fingerprint density at radius 1 is 1.03 bits per heavy atom. The van der Waals surface area contributed by atoms with Gasteiger partial charge in [-0.2, -0.15) is 0 Å². The van der Waals surface area contributed by atoms with Crippen LogP contribution in [0.15, 0.2) is 54.6 Å². The zero-order valence-electron chi connectivity index (χ0n) is 16.3. The van der Waals surface area contributed by atoms with Crippen molar-refractivity contribution >= 4 is 29.2 Å². The number of hydrogen-bond donors (Lipinski definition) is 3. The molecule has 0 radical (unpaired) electrons. The van der Waals surface area contributed by atoms with Crippen LogP contribution in [-0.4, -0.2) is 35.4 Å². The average molecular weight is 414 g/mol. The summed E-state index contributed by atoms with van der Waals surface area (Å²) < 4.78 is 5.03. The molecule has 0 saturated carbocycles. The standard InChI is InChI=1S/C20H22N4O6/c1-14(19(26)22-23-20(27)15-8-3-2-4-9-15)30-18(25)12-7-13-21-16-10-5-6-11-17(16)24(28)29/h2-6,8-11,14,21H,7,12-13H2,1H3,(H,22,26)(H,23,27)/t14-/m0/s1. The van der Waals surface area contributed by atoms with Gasteiger partial charge in [0.05, 0.1) is 4.92 Å². The molecule has 2 rings (SSSR count). The molecule has 1 atom stereocenters. The van der Waals surface area contributed by atoms with E-state index in [4.69, 9.17) is 4.74 Å². The van der Waals surface area contributed by atoms with E-state index in [9.17, 15) is 24.5 Å². The van der Waals surface area contributed by atoms with E-state index in [2.05, 4.69) is 16.2 Å². The highest BCUT2D eigenvalue weighted by Crippen LogP contribution is 2.22. The van der Waals surface area contributed by atoms with E-state index in [1.165, 1.54) is 13.0 Å². The third kappa shape index (κ3) is 6.89. The first kappa shape index (κ1) is 22.3. The average Bonchev–Trinajstić information content (AvgIpc) is 2.75. The molecule has 10 nitrogen and oxygen atoms in total. The van der Waals surface area contributed by atoms with E-state index in [1.807, 2.05) is 0 Å². The van der Waals surface area contributed by atoms with Crippen LogP contribution in [0.25, 0.3) is 0 Å². The van der Waals surface area contributed by atoms with Gasteiger partial charge in [0.25, 0.3) is 17.5 Å². The van der Waals surface area contributed by atoms with Gasteiger partial charge in [0.1, 0.15) is 5.69 Å². The number of carbonyl (C=O) groups excluding carboxylic acids is 3. The summed E-state index contributed by atoms with van der Waals surface area (Å²) in [4.78, 5) is 46.2. The fraction of sp³-hybridized carbons (Fsp3) is 0.250. The fourth-order valence-corrected chi connectivity index (χ4v) is 2.43. The van der Waals surface area contributed by atoms with Crippen LogP contribution in [0.3, 0.4) is 0 Å². The van der Waals surface area contributed by atoms with Gasteiger partial charge < -0.3 is 10.1 Å². The molecule has 0 heterocycles. The number of anilines is 1. The lowest BCUT2D eigenvalue weighted by atomic mass is 10.2. The number of amides is 2. The van der Waals surface area contributed by atoms with Gasteiger partial charge in [-0.15, -0.1) is 0 Å². The first-order chi connectivity index (χ1) is 14.4. The topological polar surface area (TPSA) is 140 Å². The third-order valence-corrected chi connectivity index (χ3v) is 3.99. The normalized spacial score (nSPS) is 11.1. The monoisotopic (exact) mass is 414 g/mol. The molecule has 30 heavy (non-hydrogen) atoms. The van der Waals surface area contributed by atoms with Crippen LogP contribution in [0.2, 0.25) is 0 Å². The molecular formula is C20H22N4O6. The van der Waals surface area contributed by atoms with E-state index in [0.29, 0.717) is 24.2 Å². The number of para-hydroxylation sites is 2. The quantitative estimate of drug-likeness (QED) is 0.247. The molecule has 0 unspecified atom stereocenters. The number of hydrazine groups is 1. The minimum atomic E-state index is -1.10. The first-order valence-electron chi connectivity index (χ1n) is 9.20. The maximum atomic E-state index is 12.0. The Morgan fingerprint density at radius 2 is 1.70 bits per heavy atom. The van der Waals surface area contributed by atoms with Gasteiger partial charge in [0, 0.05) is 24.6 Å². The van der Waals surface area contributed by atoms with Gasteiger partial charge in [-0.1, -0.05) is 30.3 Å². The van der Waals surface area contributed by atoms with Gasteiger partial charge >= 0.3 is 5.97 Å². The van der Waals surface area contributed by atoms with Gasteiger partial charge in [-0.25, -0.2) is 0 Å². The highest BCUT2D eigenvalue weighted by Gasteiger charge is 2.18. The molecular weight excluding hydrogens is 392 g/mol. The highest BCUT2D eigenvalue weighted by molar-refractivity contribution is 5.95. The van der Waals surface area contributed by atoms with Crippen LogP contribution in [0.5, 0.6) is 0 Å². The molecule has 2 aromatic rings. The van der Waals surface area contributed by atoms with E-state index < -0.39 is 28.8 Å². The predicted octanol–water partition coefficient (Wildman–Crippen LogP) is 2.18. The largest absolute Gasteiger partial charge is 0.452 e. The minimum absolute atomic E-state index is 0.0155. The van der Waals surface area contributed by atoms with Crippen LogP contribution in [0.4, 0.5) is 11.4 Å². The van der Waals surface area contributed by atoms with Gasteiger partial charge in [-0.05, 0) is 31.5 Å². The second kappa shape index (κ2) is 11.1. The number of esters is 1. The molecule has 2 amide bonds. The number of nitro groups is 1. The molecule has 0 fully saturated rings. The predicted molar refractivity (Wildman–Crippen MR) is 108 cm³/mol. The maximum Gasteiger partial charge on any atom is 0.306 e. The maximum absolute atomic E-state index is 12.0. The lowest BCUT2D eigenvalue weighted by Crippen LogP contribution is -2.46. The number of carbonyl (C=O) groups is 3. The highest BCUT2D eigenvalue weighted by atomic mass is 16.6. The van der Waals surface area contributed by atoms with Crippen molar-refractivity contribution in [3.05, 3.63) is 70.3 Å². The number of nitrogens with zero attached hydrogens (tertiary/aromatic N) is 1. The Balaban J connectivity index is 1.68. The van der Waals surface area contributed by atoms with Crippen molar-refractivity contribution in [1.29, 1.82) is 0 Å². The van der Waals surface area contributed by atoms with Crippen LogP contribution in [-0.2, 0) is 14.3 Å². The number of nitro benzene ring substituents is 1. The summed E-state index contributed by atoms with van der Waals surface area (Å²) >= 11 is 0. The van der Waals surface area contributed by atoms with Crippen molar-refractivity contribution < 1.29 is 24.0 Å². The Kier molecular flexibility index (Phi) is 8.30. The molecule has 0 aromatic heterocycles. The number of ether oxygens (including phenoxy) is 1. The van der Waals surface area contributed by atoms with Crippen LogP contribution in [0, 0.1) is 10.1 Å². The molecule has 0 saturated heterocycles. The second-order valence-electron chi connectivity index (χ2n) is 6.25. The smallest absolute Gasteiger partial charge is 0.306 e. The van der Waals surface area contributed by atoms with Crippen LogP contribution < -0.4 is 16.2 Å². The summed E-state index contributed by atoms with van der Waals surface area (Å²) in [6, 6.07) is 14.5. The van der Waals surface area contributed by atoms with Gasteiger partial charge in [0.15, 0.2) is 6.10 Å². The molecule has 158 valence electrons. The van der Waals surface area contributed by atoms with E-state index in [-0.39, 0.29) is 12.1 Å². The Morgan fingerprint density at radius 3 is 2.40 bits per heavy atom. The molecule has 0 aliphatic rings. The summed E-state index contributed by atoms with van der Waals surface area (Å²) in [6.07, 6.45) is -0.734. The Labute approximate surface area is 172 Å². The molecule has 0 aliphatic heterocycles. The first-order valence-corrected chi connectivity index (χ1v) is 9.20. The van der Waals surface area contributed by atoms with Crippen molar-refractivity contribution in [2.75, 3.05) is 11.9 Å². The van der Waals surface area contributed by atoms with Crippen molar-refractivity contribution in [2.45, 2.75) is 25.9 Å². The van der Waals surface area contributed by atoms with Crippen molar-refractivity contribution in [2.24, 2.45) is 0 Å². The molecule has 0 spiro atoms. The molecule has 10 heteroatoms. The third-order valence-electron chi connectivity index (χ3n) is 3.99. The Bertz CT molecular complexity index is 903. The van der Waals surface area contributed by atoms with E-state index in [0.717, 1.165) is 0 Å². The van der Waals surface area contributed by atoms with Crippen molar-refractivity contribution in [1.82, 2.24) is 10.9 Å². The summed E-state index contributed by atoms with van der Waals surface area (Å²) in [5.74, 6) is -1.77. The van der Waals surface area contributed by atoms with E-state index in [1.54, 1.807) is 48.5 Å². The minimum Gasteiger partial charge on any atom is -0.452 e. The lowest BCUT2D eigenvalue weighted by molar-refractivity contribution is -0.384. The zero-order valence-corrected chi connectivity index (χ0v) is 16.3. The number of rotatable bonds is 9. The summed E-state index contributed by atoms with van der Waals surface area (Å²) in [6.45, 7) is 1.70. The van der Waals surface area contributed by atoms with Crippen molar-refractivity contribution in [3.8, 4) is 0 Å². The Hall–Kier alpha value is -3.95. The molecule has 2 aromatic carbocycles. The van der Waals surface area contributed by atoms with Gasteiger partial charge in [-0.3, -0.25) is 35.3 Å². The van der Waals surface area contributed by atoms with Gasteiger partial charge in [0.2, 0.25) is 0 Å². The SMILES string of the molecule is C[C@H](OC(=O)CCCNc1ccccc1[N+](=O)[O-])C(=O)NNC(=O)c1ccccc1. The zero-order chi connectivity index (χ0) is 21.9. The van der Waals surface area contributed by atoms with E-state index >= 15 is 0 Å². The lowest BCUT2D eigenvalue weighted by Gasteiger charge is -2.14. The molecule has 0 bridgehead atoms. The molecule has 3 N–H and O–H groups in total. The fourth-order valence-electron chi connectivity index (χ4n) is 2.43. The number of nitrogens with one attached hydrogen (secondary N) is 3. The number of hydrogen-bond acceptors (Lipinski definition) is 7. The van der Waals surface area contributed by atoms with Crippen LogP contribution in [0.1, 0.15) is 30.1 Å². The van der Waals surface area contributed by atoms with Crippen LogP contribution >= 0.6 is 0 Å². The number of benzene rings is 2. The molecule has 0 aliphatic carbocycles. The van der Waals surface area contributed by atoms with Crippen molar-refractivity contribution in [3.63, 3.8) is 0 Å². The summed E-state index contributed by atoms with van der Waals surface area (Å²) in [5, 5.41) is 13.8. The summed E-state index contributed by atoms with van der Waals surface area (Å²) in [5.41, 5.74) is 5.12. The second-order valence-corrected chi connectivity index (χ2v) is 6.25.